The number of piperidine rings is 1. The van der Waals surface area contributed by atoms with Gasteiger partial charge in [-0.2, -0.15) is 0 Å². The number of likely N-dealkylation sites (tertiary alicyclic amines) is 1. The third kappa shape index (κ3) is 4.68. The number of carbonyl (C=O) groups excluding carboxylic acids is 1. The lowest BCUT2D eigenvalue weighted by molar-refractivity contribution is -0.124. The molecule has 0 aromatic carbocycles. The molecule has 0 atom stereocenters. The maximum atomic E-state index is 12.3. The molecule has 4 heteroatoms. The molecule has 0 aromatic rings. The van der Waals surface area contributed by atoms with Crippen LogP contribution in [0.2, 0.25) is 0 Å². The SMILES string of the molecule is CN1CCC(C)(CNC(=O)CC2(CN)CCCCC2)CC1. The summed E-state index contributed by atoms with van der Waals surface area (Å²) >= 11 is 0. The molecule has 2 rings (SSSR count). The lowest BCUT2D eigenvalue weighted by atomic mass is 9.71. The fraction of sp³-hybridized carbons (Fsp3) is 0.941. The van der Waals surface area contributed by atoms with Crippen LogP contribution in [0.1, 0.15) is 58.3 Å². The number of hydrogen-bond donors (Lipinski definition) is 2. The molecular formula is C17H33N3O. The van der Waals surface area contributed by atoms with Crippen LogP contribution in [0, 0.1) is 10.8 Å². The molecule has 2 fully saturated rings. The van der Waals surface area contributed by atoms with Gasteiger partial charge in [-0.1, -0.05) is 26.2 Å². The van der Waals surface area contributed by atoms with Gasteiger partial charge in [0.1, 0.15) is 0 Å². The van der Waals surface area contributed by atoms with Crippen LogP contribution in [0.25, 0.3) is 0 Å². The van der Waals surface area contributed by atoms with Gasteiger partial charge in [0.15, 0.2) is 0 Å². The summed E-state index contributed by atoms with van der Waals surface area (Å²) in [4.78, 5) is 14.7. The Kier molecular flexibility index (Phi) is 5.67. The second kappa shape index (κ2) is 7.10. The summed E-state index contributed by atoms with van der Waals surface area (Å²) in [6, 6.07) is 0. The fourth-order valence-electron chi connectivity index (χ4n) is 3.81. The van der Waals surface area contributed by atoms with Gasteiger partial charge in [0, 0.05) is 13.0 Å². The summed E-state index contributed by atoms with van der Waals surface area (Å²) in [5.74, 6) is 0.211. The predicted octanol–water partition coefficient (Wildman–Crippen LogP) is 2.13. The van der Waals surface area contributed by atoms with E-state index >= 15 is 0 Å². The van der Waals surface area contributed by atoms with Crippen LogP contribution in [0.4, 0.5) is 0 Å². The average Bonchev–Trinajstić information content (AvgIpc) is 2.50. The van der Waals surface area contributed by atoms with Crippen LogP contribution < -0.4 is 11.1 Å². The van der Waals surface area contributed by atoms with Gasteiger partial charge in [-0.05, 0) is 63.2 Å². The zero-order valence-electron chi connectivity index (χ0n) is 13.9. The number of nitrogens with two attached hydrogens (primary N) is 1. The molecule has 2 aliphatic rings. The molecule has 1 aliphatic carbocycles. The highest BCUT2D eigenvalue weighted by Crippen LogP contribution is 2.38. The standard InChI is InChI=1S/C17H33N3O/c1-16(8-10-20(2)11-9-16)14-19-15(21)12-17(13-18)6-4-3-5-7-17/h3-14,18H2,1-2H3,(H,19,21). The molecule has 1 aliphatic heterocycles. The van der Waals surface area contributed by atoms with Crippen molar-refractivity contribution in [3.8, 4) is 0 Å². The van der Waals surface area contributed by atoms with Gasteiger partial charge < -0.3 is 16.0 Å². The summed E-state index contributed by atoms with van der Waals surface area (Å²) in [5, 5.41) is 3.20. The van der Waals surface area contributed by atoms with Crippen LogP contribution in [-0.2, 0) is 4.79 Å². The Bertz CT molecular complexity index is 342. The van der Waals surface area contributed by atoms with Gasteiger partial charge in [0.05, 0.1) is 0 Å². The molecule has 1 heterocycles. The zero-order valence-corrected chi connectivity index (χ0v) is 13.9. The minimum Gasteiger partial charge on any atom is -0.356 e. The van der Waals surface area contributed by atoms with Crippen molar-refractivity contribution in [1.29, 1.82) is 0 Å². The number of nitrogens with zero attached hydrogens (tertiary/aromatic N) is 1. The molecule has 0 spiro atoms. The van der Waals surface area contributed by atoms with E-state index in [2.05, 4.69) is 24.2 Å². The van der Waals surface area contributed by atoms with Crippen molar-refractivity contribution in [2.45, 2.75) is 58.3 Å². The van der Waals surface area contributed by atoms with Gasteiger partial charge in [-0.15, -0.1) is 0 Å². The van der Waals surface area contributed by atoms with E-state index in [9.17, 15) is 4.79 Å². The Balaban J connectivity index is 1.78. The lowest BCUT2D eigenvalue weighted by Crippen LogP contribution is -2.45. The summed E-state index contributed by atoms with van der Waals surface area (Å²) < 4.78 is 0. The van der Waals surface area contributed by atoms with E-state index in [1.54, 1.807) is 0 Å². The molecule has 122 valence electrons. The largest absolute Gasteiger partial charge is 0.356 e. The first kappa shape index (κ1) is 16.8. The molecule has 0 radical (unpaired) electrons. The molecule has 0 unspecified atom stereocenters. The Labute approximate surface area is 129 Å². The van der Waals surface area contributed by atoms with E-state index in [4.69, 9.17) is 5.73 Å². The first-order chi connectivity index (χ1) is 9.97. The van der Waals surface area contributed by atoms with E-state index in [1.807, 2.05) is 0 Å². The molecule has 1 saturated heterocycles. The van der Waals surface area contributed by atoms with Gasteiger partial charge in [0.25, 0.3) is 0 Å². The summed E-state index contributed by atoms with van der Waals surface area (Å²) in [6.07, 6.45) is 8.98. The van der Waals surface area contributed by atoms with Gasteiger partial charge in [-0.25, -0.2) is 0 Å². The molecule has 4 nitrogen and oxygen atoms in total. The van der Waals surface area contributed by atoms with E-state index in [0.29, 0.717) is 13.0 Å². The zero-order chi connectivity index (χ0) is 15.3. The molecular weight excluding hydrogens is 262 g/mol. The van der Waals surface area contributed by atoms with Gasteiger partial charge >= 0.3 is 0 Å². The fourth-order valence-corrected chi connectivity index (χ4v) is 3.81. The summed E-state index contributed by atoms with van der Waals surface area (Å²) in [5.41, 5.74) is 6.33. The van der Waals surface area contributed by atoms with Crippen molar-refractivity contribution >= 4 is 5.91 Å². The molecule has 3 N–H and O–H groups in total. The molecule has 0 aromatic heterocycles. The Hall–Kier alpha value is -0.610. The van der Waals surface area contributed by atoms with Crippen LogP contribution in [-0.4, -0.2) is 44.0 Å². The van der Waals surface area contributed by atoms with Crippen molar-refractivity contribution in [3.05, 3.63) is 0 Å². The highest BCUT2D eigenvalue weighted by atomic mass is 16.1. The van der Waals surface area contributed by atoms with Crippen LogP contribution in [0.5, 0.6) is 0 Å². The predicted molar refractivity (Wildman–Crippen MR) is 87.0 cm³/mol. The minimum absolute atomic E-state index is 0.0794. The van der Waals surface area contributed by atoms with Crippen molar-refractivity contribution in [2.24, 2.45) is 16.6 Å². The number of carbonyl (C=O) groups is 1. The third-order valence-corrected chi connectivity index (χ3v) is 5.79. The smallest absolute Gasteiger partial charge is 0.220 e. The topological polar surface area (TPSA) is 58.4 Å². The highest BCUT2D eigenvalue weighted by Gasteiger charge is 2.34. The van der Waals surface area contributed by atoms with Crippen molar-refractivity contribution in [3.63, 3.8) is 0 Å². The van der Waals surface area contributed by atoms with Crippen molar-refractivity contribution in [2.75, 3.05) is 33.2 Å². The number of amides is 1. The Morgan fingerprint density at radius 3 is 2.33 bits per heavy atom. The normalized spacial score (nSPS) is 25.5. The molecule has 21 heavy (non-hydrogen) atoms. The van der Waals surface area contributed by atoms with Crippen molar-refractivity contribution in [1.82, 2.24) is 10.2 Å². The molecule has 1 saturated carbocycles. The van der Waals surface area contributed by atoms with Crippen LogP contribution in [0.15, 0.2) is 0 Å². The van der Waals surface area contributed by atoms with Gasteiger partial charge in [0.2, 0.25) is 5.91 Å². The van der Waals surface area contributed by atoms with Gasteiger partial charge in [-0.3, -0.25) is 4.79 Å². The second-order valence-electron chi connectivity index (χ2n) is 7.83. The number of nitrogens with one attached hydrogen (secondary N) is 1. The van der Waals surface area contributed by atoms with Crippen LogP contribution >= 0.6 is 0 Å². The third-order valence-electron chi connectivity index (χ3n) is 5.79. The second-order valence-corrected chi connectivity index (χ2v) is 7.83. The summed E-state index contributed by atoms with van der Waals surface area (Å²) in [6.45, 7) is 6.06. The van der Waals surface area contributed by atoms with Crippen LogP contribution in [0.3, 0.4) is 0 Å². The summed E-state index contributed by atoms with van der Waals surface area (Å²) in [7, 11) is 2.17. The highest BCUT2D eigenvalue weighted by molar-refractivity contribution is 5.76. The monoisotopic (exact) mass is 295 g/mol. The number of hydrogen-bond acceptors (Lipinski definition) is 3. The first-order valence-corrected chi connectivity index (χ1v) is 8.62. The Morgan fingerprint density at radius 1 is 1.14 bits per heavy atom. The van der Waals surface area contributed by atoms with Crippen molar-refractivity contribution < 1.29 is 4.79 Å². The number of rotatable bonds is 5. The Morgan fingerprint density at radius 2 is 1.76 bits per heavy atom. The maximum Gasteiger partial charge on any atom is 0.220 e. The van der Waals surface area contributed by atoms with E-state index in [1.165, 1.54) is 32.1 Å². The molecule has 1 amide bonds. The van der Waals surface area contributed by atoms with E-state index in [-0.39, 0.29) is 16.7 Å². The van der Waals surface area contributed by atoms with E-state index < -0.39 is 0 Å². The lowest BCUT2D eigenvalue weighted by Gasteiger charge is -2.39. The quantitative estimate of drug-likeness (QED) is 0.817. The first-order valence-electron chi connectivity index (χ1n) is 8.62. The van der Waals surface area contributed by atoms with E-state index in [0.717, 1.165) is 32.5 Å². The average molecular weight is 295 g/mol. The molecule has 0 bridgehead atoms. The minimum atomic E-state index is 0.0794. The maximum absolute atomic E-state index is 12.3.